The van der Waals surface area contributed by atoms with Crippen LogP contribution in [0.25, 0.3) is 0 Å². The van der Waals surface area contributed by atoms with Gasteiger partial charge < -0.3 is 9.64 Å². The van der Waals surface area contributed by atoms with Gasteiger partial charge in [-0.1, -0.05) is 24.3 Å². The summed E-state index contributed by atoms with van der Waals surface area (Å²) in [6.45, 7) is 2.35. The van der Waals surface area contributed by atoms with Crippen LogP contribution in [0.15, 0.2) is 47.2 Å². The Morgan fingerprint density at radius 3 is 2.79 bits per heavy atom. The lowest BCUT2D eigenvalue weighted by Crippen LogP contribution is -2.35. The fourth-order valence-corrected chi connectivity index (χ4v) is 5.28. The van der Waals surface area contributed by atoms with Gasteiger partial charge in [0.2, 0.25) is 0 Å². The minimum absolute atomic E-state index is 0.206. The zero-order chi connectivity index (χ0) is 18.8. The van der Waals surface area contributed by atoms with E-state index in [0.717, 1.165) is 35.7 Å². The molecule has 0 bridgehead atoms. The molecule has 0 radical (unpaired) electrons. The van der Waals surface area contributed by atoms with Crippen LogP contribution in [-0.4, -0.2) is 37.8 Å². The van der Waals surface area contributed by atoms with Crippen LogP contribution in [0.1, 0.15) is 41.1 Å². The molecule has 0 saturated heterocycles. The Kier molecular flexibility index (Phi) is 3.48. The first-order chi connectivity index (χ1) is 13.7. The molecule has 0 amide bonds. The van der Waals surface area contributed by atoms with Crippen LogP contribution >= 0.6 is 0 Å². The van der Waals surface area contributed by atoms with Crippen molar-refractivity contribution in [3.63, 3.8) is 0 Å². The molecule has 4 heteroatoms. The van der Waals surface area contributed by atoms with Crippen molar-refractivity contribution in [1.29, 1.82) is 0 Å². The van der Waals surface area contributed by atoms with Crippen LogP contribution in [0.3, 0.4) is 0 Å². The molecule has 3 aliphatic heterocycles. The quantitative estimate of drug-likeness (QED) is 0.744. The average molecular weight is 371 g/mol. The van der Waals surface area contributed by atoms with E-state index >= 15 is 0 Å². The van der Waals surface area contributed by atoms with Gasteiger partial charge in [-0.25, -0.2) is 4.99 Å². The molecular formula is C24H25N3O. The number of likely N-dealkylation sites (N-methyl/N-ethyl adjacent to an activating group) is 1. The number of hydrogen-bond acceptors (Lipinski definition) is 4. The molecule has 28 heavy (non-hydrogen) atoms. The molecule has 1 aliphatic carbocycles. The van der Waals surface area contributed by atoms with E-state index < -0.39 is 0 Å². The minimum Gasteiger partial charge on any atom is -0.453 e. The molecule has 2 aromatic rings. The first-order valence-corrected chi connectivity index (χ1v) is 10.4. The van der Waals surface area contributed by atoms with Gasteiger partial charge in [0.25, 0.3) is 0 Å². The van der Waals surface area contributed by atoms with Gasteiger partial charge in [-0.15, -0.1) is 0 Å². The largest absolute Gasteiger partial charge is 0.453 e. The Hall–Kier alpha value is -2.59. The third-order valence-electron chi connectivity index (χ3n) is 6.53. The summed E-state index contributed by atoms with van der Waals surface area (Å²) in [6.07, 6.45) is 6.91. The number of fused-ring (bicyclic) bond motifs is 5. The Labute approximate surface area is 166 Å². The van der Waals surface area contributed by atoms with Crippen LogP contribution in [-0.2, 0) is 12.8 Å². The van der Waals surface area contributed by atoms with Crippen LogP contribution in [0.4, 0.5) is 11.4 Å². The highest BCUT2D eigenvalue weighted by Crippen LogP contribution is 2.49. The van der Waals surface area contributed by atoms with Crippen molar-refractivity contribution in [3.8, 4) is 5.75 Å². The monoisotopic (exact) mass is 371 g/mol. The summed E-state index contributed by atoms with van der Waals surface area (Å²) < 4.78 is 6.62. The number of aryl methyl sites for hydroxylation is 1. The number of aliphatic imine (C=N–C) groups is 1. The van der Waals surface area contributed by atoms with Gasteiger partial charge in [-0.2, -0.15) is 0 Å². The third-order valence-corrected chi connectivity index (χ3v) is 6.53. The smallest absolute Gasteiger partial charge is 0.158 e. The summed E-state index contributed by atoms with van der Waals surface area (Å²) in [6, 6.07) is 11.1. The molecular weight excluding hydrogens is 346 g/mol. The van der Waals surface area contributed by atoms with Crippen molar-refractivity contribution >= 4 is 17.1 Å². The predicted molar refractivity (Wildman–Crippen MR) is 113 cm³/mol. The van der Waals surface area contributed by atoms with Crippen molar-refractivity contribution in [1.82, 2.24) is 4.90 Å². The number of ether oxygens (including phenoxy) is 1. The molecule has 0 fully saturated rings. The van der Waals surface area contributed by atoms with Crippen molar-refractivity contribution in [2.24, 2.45) is 4.99 Å². The molecule has 4 aliphatic rings. The van der Waals surface area contributed by atoms with Gasteiger partial charge in [0.1, 0.15) is 11.4 Å². The second-order valence-electron chi connectivity index (χ2n) is 8.49. The second kappa shape index (κ2) is 5.95. The summed E-state index contributed by atoms with van der Waals surface area (Å²) in [5, 5.41) is 0. The Morgan fingerprint density at radius 1 is 1.11 bits per heavy atom. The Bertz CT molecular complexity index is 1050. The summed E-state index contributed by atoms with van der Waals surface area (Å²) in [5.74, 6) is 1.91. The topological polar surface area (TPSA) is 28.1 Å². The van der Waals surface area contributed by atoms with Crippen LogP contribution < -0.4 is 9.64 Å². The standard InChI is InChI=1S/C24H25N3O/c1-26(2)20-14-21-22(17-9-4-3-8-16(17)20)25-19-13-15-7-5-11-27-12-6-10-18(23(15)27)24(19)28-21/h3-4,8-9,13-14,20H,5-7,10-12H2,1-2H3. The summed E-state index contributed by atoms with van der Waals surface area (Å²) >= 11 is 0. The lowest BCUT2D eigenvalue weighted by Gasteiger charge is -2.39. The lowest BCUT2D eigenvalue weighted by atomic mass is 9.87. The fourth-order valence-electron chi connectivity index (χ4n) is 5.28. The number of benzene rings is 2. The van der Waals surface area contributed by atoms with E-state index in [0.29, 0.717) is 0 Å². The average Bonchev–Trinajstić information content (AvgIpc) is 2.72. The molecule has 0 saturated carbocycles. The number of anilines is 1. The first kappa shape index (κ1) is 16.4. The van der Waals surface area contributed by atoms with Crippen LogP contribution in [0.5, 0.6) is 5.75 Å². The Morgan fingerprint density at radius 2 is 1.93 bits per heavy atom. The molecule has 3 heterocycles. The third kappa shape index (κ3) is 2.24. The van der Waals surface area contributed by atoms with Gasteiger partial charge in [0.05, 0.1) is 6.04 Å². The molecule has 6 rings (SSSR count). The molecule has 2 aromatic carbocycles. The van der Waals surface area contributed by atoms with E-state index in [9.17, 15) is 0 Å². The number of rotatable bonds is 1. The van der Waals surface area contributed by atoms with E-state index in [1.807, 2.05) is 0 Å². The zero-order valence-corrected chi connectivity index (χ0v) is 16.5. The molecule has 0 aromatic heterocycles. The van der Waals surface area contributed by atoms with Crippen molar-refractivity contribution in [3.05, 3.63) is 64.4 Å². The van der Waals surface area contributed by atoms with Gasteiger partial charge in [-0.3, -0.25) is 4.90 Å². The zero-order valence-electron chi connectivity index (χ0n) is 16.5. The molecule has 1 atom stereocenters. The molecule has 0 N–H and O–H groups in total. The summed E-state index contributed by atoms with van der Waals surface area (Å²) in [5.41, 5.74) is 8.76. The minimum atomic E-state index is 0.206. The summed E-state index contributed by atoms with van der Waals surface area (Å²) in [7, 11) is 4.24. The van der Waals surface area contributed by atoms with Gasteiger partial charge in [0.15, 0.2) is 11.5 Å². The predicted octanol–water partition coefficient (Wildman–Crippen LogP) is 4.40. The molecule has 0 spiro atoms. The molecule has 142 valence electrons. The van der Waals surface area contributed by atoms with E-state index in [1.54, 1.807) is 0 Å². The van der Waals surface area contributed by atoms with Crippen LogP contribution in [0.2, 0.25) is 0 Å². The normalized spacial score (nSPS) is 21.7. The highest BCUT2D eigenvalue weighted by Gasteiger charge is 2.35. The first-order valence-electron chi connectivity index (χ1n) is 10.4. The maximum atomic E-state index is 6.62. The van der Waals surface area contributed by atoms with E-state index in [2.05, 4.69) is 60.3 Å². The number of hydrogen-bond donors (Lipinski definition) is 0. The van der Waals surface area contributed by atoms with Crippen molar-refractivity contribution in [2.45, 2.75) is 31.7 Å². The lowest BCUT2D eigenvalue weighted by molar-refractivity contribution is 0.337. The van der Waals surface area contributed by atoms with Gasteiger partial charge in [0, 0.05) is 29.9 Å². The van der Waals surface area contributed by atoms with Crippen molar-refractivity contribution < 1.29 is 4.74 Å². The van der Waals surface area contributed by atoms with Crippen molar-refractivity contribution in [2.75, 3.05) is 32.1 Å². The number of nitrogens with zero attached hydrogens (tertiary/aromatic N) is 3. The highest BCUT2D eigenvalue weighted by molar-refractivity contribution is 6.16. The van der Waals surface area contributed by atoms with E-state index in [1.165, 1.54) is 53.9 Å². The SMILES string of the molecule is CN(C)C1C=C2Oc3c(cc4c5c3CCCN5CCC4)N=C2c2ccccc21. The van der Waals surface area contributed by atoms with E-state index in [-0.39, 0.29) is 6.04 Å². The fraction of sp³-hybridized carbons (Fsp3) is 0.375. The highest BCUT2D eigenvalue weighted by atomic mass is 16.5. The maximum absolute atomic E-state index is 6.62. The Balaban J connectivity index is 1.57. The number of allylic oxidation sites excluding steroid dienone is 1. The molecule has 1 unspecified atom stereocenters. The maximum Gasteiger partial charge on any atom is 0.158 e. The van der Waals surface area contributed by atoms with Gasteiger partial charge >= 0.3 is 0 Å². The second-order valence-corrected chi connectivity index (χ2v) is 8.49. The van der Waals surface area contributed by atoms with E-state index in [4.69, 9.17) is 9.73 Å². The molecule has 4 nitrogen and oxygen atoms in total. The summed E-state index contributed by atoms with van der Waals surface area (Å²) in [4.78, 5) is 9.95. The van der Waals surface area contributed by atoms with Crippen LogP contribution in [0, 0.1) is 0 Å². The van der Waals surface area contributed by atoms with Gasteiger partial charge in [-0.05, 0) is 63.0 Å².